The summed E-state index contributed by atoms with van der Waals surface area (Å²) in [7, 11) is 0. The highest BCUT2D eigenvalue weighted by Gasteiger charge is 2.30. The van der Waals surface area contributed by atoms with E-state index < -0.39 is 0 Å². The minimum atomic E-state index is -0.189. The number of carbonyl (C=O) groups is 2. The molecule has 2 aliphatic rings. The van der Waals surface area contributed by atoms with E-state index in [1.54, 1.807) is 4.90 Å². The Bertz CT molecular complexity index is 852. The predicted molar refractivity (Wildman–Crippen MR) is 111 cm³/mol. The summed E-state index contributed by atoms with van der Waals surface area (Å²) in [5.74, 6) is 0.639. The number of rotatable bonds is 5. The number of amides is 2. The van der Waals surface area contributed by atoms with Gasteiger partial charge < -0.3 is 10.2 Å². The lowest BCUT2D eigenvalue weighted by Crippen LogP contribution is -2.40. The Hall–Kier alpha value is -2.66. The first-order valence-corrected chi connectivity index (χ1v) is 10.1. The van der Waals surface area contributed by atoms with Crippen LogP contribution in [0, 0.1) is 0 Å². The van der Waals surface area contributed by atoms with Gasteiger partial charge in [0.25, 0.3) is 0 Å². The Morgan fingerprint density at radius 2 is 1.93 bits per heavy atom. The molecule has 0 aliphatic carbocycles. The molecule has 2 amide bonds. The van der Waals surface area contributed by atoms with E-state index in [2.05, 4.69) is 34.5 Å². The zero-order valence-corrected chi connectivity index (χ0v) is 16.3. The predicted octanol–water partition coefficient (Wildman–Crippen LogP) is 3.63. The number of nitrogens with zero attached hydrogens (tertiary/aromatic N) is 2. The fraction of sp³-hybridized carbons (Fsp3) is 0.391. The summed E-state index contributed by atoms with van der Waals surface area (Å²) < 4.78 is 0. The van der Waals surface area contributed by atoms with Crippen LogP contribution in [0.1, 0.15) is 37.7 Å². The third kappa shape index (κ3) is 3.94. The van der Waals surface area contributed by atoms with E-state index in [-0.39, 0.29) is 17.9 Å². The lowest BCUT2D eigenvalue weighted by atomic mass is 9.99. The number of anilines is 2. The molecule has 2 aliphatic heterocycles. The second-order valence-electron chi connectivity index (χ2n) is 7.76. The molecule has 0 saturated carbocycles. The first kappa shape index (κ1) is 18.7. The van der Waals surface area contributed by atoms with Crippen LogP contribution in [-0.4, -0.2) is 42.4 Å². The summed E-state index contributed by atoms with van der Waals surface area (Å²) in [6.07, 6.45) is 2.57. The Morgan fingerprint density at radius 3 is 2.68 bits per heavy atom. The molecule has 0 unspecified atom stereocenters. The molecule has 1 N–H and O–H groups in total. The van der Waals surface area contributed by atoms with Gasteiger partial charge in [0.05, 0.1) is 6.04 Å². The lowest BCUT2D eigenvalue weighted by Gasteiger charge is -2.24. The molecule has 2 aromatic rings. The van der Waals surface area contributed by atoms with E-state index in [4.69, 9.17) is 0 Å². The van der Waals surface area contributed by atoms with Gasteiger partial charge in [-0.05, 0) is 56.0 Å². The van der Waals surface area contributed by atoms with Crippen molar-refractivity contribution in [2.75, 3.05) is 29.9 Å². The number of carbonyl (C=O) groups excluding carboxylic acids is 2. The lowest BCUT2D eigenvalue weighted by molar-refractivity contribution is -0.120. The average molecular weight is 377 g/mol. The first-order chi connectivity index (χ1) is 13.6. The normalized spacial score (nSPS) is 21.1. The topological polar surface area (TPSA) is 52.7 Å². The zero-order chi connectivity index (χ0) is 19.5. The summed E-state index contributed by atoms with van der Waals surface area (Å²) in [5, 5.41) is 3.03. The fourth-order valence-corrected chi connectivity index (χ4v) is 4.22. The Labute approximate surface area is 166 Å². The van der Waals surface area contributed by atoms with Crippen molar-refractivity contribution in [3.05, 3.63) is 60.2 Å². The van der Waals surface area contributed by atoms with Crippen LogP contribution in [-0.2, 0) is 9.59 Å². The second kappa shape index (κ2) is 8.15. The van der Waals surface area contributed by atoms with E-state index in [0.29, 0.717) is 12.3 Å². The molecule has 5 nitrogen and oxygen atoms in total. The third-order valence-corrected chi connectivity index (χ3v) is 5.92. The summed E-state index contributed by atoms with van der Waals surface area (Å²) >= 11 is 0. The number of nitrogens with one attached hydrogen (secondary N) is 1. The SMILES string of the molecule is C[C@@H](C(=O)Nc1cccc(N2CCCC2=O)c1)N1CC[C@H](c2ccccc2)C1. The Kier molecular flexibility index (Phi) is 5.44. The maximum absolute atomic E-state index is 12.8. The molecule has 0 aromatic heterocycles. The number of benzene rings is 2. The molecule has 4 rings (SSSR count). The van der Waals surface area contributed by atoms with Crippen LogP contribution in [0.2, 0.25) is 0 Å². The second-order valence-corrected chi connectivity index (χ2v) is 7.76. The van der Waals surface area contributed by atoms with Crippen LogP contribution in [0.25, 0.3) is 0 Å². The maximum atomic E-state index is 12.8. The van der Waals surface area contributed by atoms with Crippen LogP contribution >= 0.6 is 0 Å². The molecule has 2 aromatic carbocycles. The fourth-order valence-electron chi connectivity index (χ4n) is 4.22. The van der Waals surface area contributed by atoms with Crippen molar-refractivity contribution in [2.24, 2.45) is 0 Å². The molecule has 2 saturated heterocycles. The highest BCUT2D eigenvalue weighted by atomic mass is 16.2. The van der Waals surface area contributed by atoms with E-state index in [1.807, 2.05) is 37.3 Å². The minimum Gasteiger partial charge on any atom is -0.325 e. The van der Waals surface area contributed by atoms with Gasteiger partial charge in [-0.25, -0.2) is 0 Å². The average Bonchev–Trinajstić information content (AvgIpc) is 3.37. The van der Waals surface area contributed by atoms with E-state index in [1.165, 1.54) is 5.56 Å². The van der Waals surface area contributed by atoms with Crippen LogP contribution in [0.3, 0.4) is 0 Å². The zero-order valence-electron chi connectivity index (χ0n) is 16.3. The summed E-state index contributed by atoms with van der Waals surface area (Å²) in [5.41, 5.74) is 2.95. The molecule has 0 spiro atoms. The molecule has 2 fully saturated rings. The van der Waals surface area contributed by atoms with Gasteiger partial charge in [0.15, 0.2) is 0 Å². The molecule has 28 heavy (non-hydrogen) atoms. The van der Waals surface area contributed by atoms with E-state index >= 15 is 0 Å². The van der Waals surface area contributed by atoms with Crippen LogP contribution in [0.4, 0.5) is 11.4 Å². The third-order valence-electron chi connectivity index (χ3n) is 5.92. The largest absolute Gasteiger partial charge is 0.325 e. The van der Waals surface area contributed by atoms with Crippen molar-refractivity contribution in [2.45, 2.75) is 38.1 Å². The molecule has 146 valence electrons. The molecular weight excluding hydrogens is 350 g/mol. The smallest absolute Gasteiger partial charge is 0.241 e. The maximum Gasteiger partial charge on any atom is 0.241 e. The summed E-state index contributed by atoms with van der Waals surface area (Å²) in [4.78, 5) is 28.8. The van der Waals surface area contributed by atoms with Gasteiger partial charge in [0.2, 0.25) is 11.8 Å². The molecule has 5 heteroatoms. The highest BCUT2D eigenvalue weighted by molar-refractivity contribution is 5.98. The van der Waals surface area contributed by atoms with Gasteiger partial charge in [-0.3, -0.25) is 14.5 Å². The number of hydrogen-bond acceptors (Lipinski definition) is 3. The van der Waals surface area contributed by atoms with Gasteiger partial charge in [0, 0.05) is 30.9 Å². The van der Waals surface area contributed by atoms with Crippen LogP contribution in [0.5, 0.6) is 0 Å². The molecule has 2 heterocycles. The number of likely N-dealkylation sites (tertiary alicyclic amines) is 1. The number of hydrogen-bond donors (Lipinski definition) is 1. The van der Waals surface area contributed by atoms with E-state index in [9.17, 15) is 9.59 Å². The Morgan fingerprint density at radius 1 is 1.11 bits per heavy atom. The molecule has 0 radical (unpaired) electrons. The summed E-state index contributed by atoms with van der Waals surface area (Å²) in [6.45, 7) is 4.55. The van der Waals surface area contributed by atoms with Crippen molar-refractivity contribution in [3.8, 4) is 0 Å². The van der Waals surface area contributed by atoms with Crippen LogP contribution in [0.15, 0.2) is 54.6 Å². The minimum absolute atomic E-state index is 0.00129. The van der Waals surface area contributed by atoms with Gasteiger partial charge in [-0.2, -0.15) is 0 Å². The van der Waals surface area contributed by atoms with Crippen LogP contribution < -0.4 is 10.2 Å². The van der Waals surface area contributed by atoms with Crippen molar-refractivity contribution < 1.29 is 9.59 Å². The van der Waals surface area contributed by atoms with E-state index in [0.717, 1.165) is 43.9 Å². The standard InChI is InChI=1S/C23H27N3O2/c1-17(25-14-12-19(16-25)18-7-3-2-4-8-18)23(28)24-20-9-5-10-21(15-20)26-13-6-11-22(26)27/h2-5,7-10,15,17,19H,6,11-14,16H2,1H3,(H,24,28)/t17-,19-/m0/s1. The van der Waals surface area contributed by atoms with Crippen molar-refractivity contribution in [3.63, 3.8) is 0 Å². The molecular formula is C23H27N3O2. The molecule has 2 atom stereocenters. The van der Waals surface area contributed by atoms with Gasteiger partial charge in [-0.1, -0.05) is 36.4 Å². The monoisotopic (exact) mass is 377 g/mol. The first-order valence-electron chi connectivity index (χ1n) is 10.1. The van der Waals surface area contributed by atoms with Gasteiger partial charge in [0.1, 0.15) is 0 Å². The van der Waals surface area contributed by atoms with Crippen molar-refractivity contribution in [1.29, 1.82) is 0 Å². The van der Waals surface area contributed by atoms with Crippen molar-refractivity contribution >= 4 is 23.2 Å². The highest BCUT2D eigenvalue weighted by Crippen LogP contribution is 2.29. The molecule has 0 bridgehead atoms. The van der Waals surface area contributed by atoms with Gasteiger partial charge in [-0.15, -0.1) is 0 Å². The summed E-state index contributed by atoms with van der Waals surface area (Å²) in [6, 6.07) is 17.9. The van der Waals surface area contributed by atoms with Gasteiger partial charge >= 0.3 is 0 Å². The Balaban J connectivity index is 1.38. The van der Waals surface area contributed by atoms with Crippen molar-refractivity contribution in [1.82, 2.24) is 4.90 Å². The quantitative estimate of drug-likeness (QED) is 0.866.